The Balaban J connectivity index is 0.00000192. The lowest BCUT2D eigenvalue weighted by Gasteiger charge is -2.04. The van der Waals surface area contributed by atoms with Crippen LogP contribution in [0.25, 0.3) is 11.0 Å². The molecule has 0 aliphatic heterocycles. The monoisotopic (exact) mass is 421 g/mol. The molecule has 0 saturated carbocycles. The number of aryl methyl sites for hydroxylation is 1. The van der Waals surface area contributed by atoms with Crippen molar-refractivity contribution in [2.24, 2.45) is 10.7 Å². The summed E-state index contributed by atoms with van der Waals surface area (Å²) in [6.45, 7) is 0.669. The largest absolute Gasteiger partial charge is 0.370 e. The van der Waals surface area contributed by atoms with E-state index in [2.05, 4.69) is 20.3 Å². The van der Waals surface area contributed by atoms with Gasteiger partial charge < -0.3 is 16.0 Å². The number of nitrogens with one attached hydrogen (secondary N) is 2. The minimum absolute atomic E-state index is 0. The van der Waals surface area contributed by atoms with Crippen molar-refractivity contribution in [3.8, 4) is 0 Å². The highest BCUT2D eigenvalue weighted by atomic mass is 127. The second-order valence-corrected chi connectivity index (χ2v) is 5.06. The summed E-state index contributed by atoms with van der Waals surface area (Å²) < 4.78 is 0. The number of aliphatic imine (C=N–C) groups is 1. The number of H-pyrrole nitrogens is 1. The van der Waals surface area contributed by atoms with Crippen molar-refractivity contribution in [2.45, 2.75) is 12.8 Å². The van der Waals surface area contributed by atoms with Crippen LogP contribution in [-0.4, -0.2) is 22.5 Å². The van der Waals surface area contributed by atoms with Gasteiger partial charge in [-0.25, -0.2) is 4.98 Å². The molecule has 3 rings (SSSR count). The maximum absolute atomic E-state index is 5.86. The molecule has 0 atom stereocenters. The van der Waals surface area contributed by atoms with Gasteiger partial charge in [0.25, 0.3) is 0 Å². The van der Waals surface area contributed by atoms with Crippen molar-refractivity contribution in [3.05, 3.63) is 60.4 Å². The molecule has 0 aliphatic carbocycles. The number of anilines is 1. The lowest BCUT2D eigenvalue weighted by Crippen LogP contribution is -2.22. The van der Waals surface area contributed by atoms with Gasteiger partial charge >= 0.3 is 0 Å². The standard InChI is InChI=1S/C17H19N5.HI/c18-17(20-13-7-2-1-3-8-13)19-12-6-11-16-21-14-9-4-5-10-15(14)22-16;/h1-5,7-10H,6,11-12H2,(H,21,22)(H3,18,19,20);1H. The Morgan fingerprint density at radius 1 is 1.09 bits per heavy atom. The van der Waals surface area contributed by atoms with E-state index in [0.29, 0.717) is 12.5 Å². The number of rotatable bonds is 5. The number of hydrogen-bond acceptors (Lipinski definition) is 2. The molecule has 0 amide bonds. The third-order valence-electron chi connectivity index (χ3n) is 3.34. The molecule has 6 heteroatoms. The molecule has 0 aliphatic rings. The number of aromatic amines is 1. The van der Waals surface area contributed by atoms with Crippen molar-refractivity contribution in [1.82, 2.24) is 9.97 Å². The summed E-state index contributed by atoms with van der Waals surface area (Å²) in [5, 5.41) is 3.07. The second kappa shape index (κ2) is 8.52. The number of nitrogens with zero attached hydrogens (tertiary/aromatic N) is 2. The zero-order valence-electron chi connectivity index (χ0n) is 12.7. The number of aromatic nitrogens is 2. The lowest BCUT2D eigenvalue weighted by atomic mass is 10.3. The summed E-state index contributed by atoms with van der Waals surface area (Å²) in [7, 11) is 0. The first kappa shape index (κ1) is 17.3. The van der Waals surface area contributed by atoms with Crippen LogP contribution in [0, 0.1) is 0 Å². The van der Waals surface area contributed by atoms with E-state index in [-0.39, 0.29) is 24.0 Å². The fraction of sp³-hybridized carbons (Fsp3) is 0.176. The van der Waals surface area contributed by atoms with Crippen LogP contribution in [0.3, 0.4) is 0 Å². The average Bonchev–Trinajstić information content (AvgIpc) is 2.95. The predicted octanol–water partition coefficient (Wildman–Crippen LogP) is 3.54. The van der Waals surface area contributed by atoms with Gasteiger partial charge in [0.1, 0.15) is 5.82 Å². The summed E-state index contributed by atoms with van der Waals surface area (Å²) in [4.78, 5) is 12.2. The topological polar surface area (TPSA) is 79.1 Å². The molecule has 0 spiro atoms. The Bertz CT molecular complexity index is 734. The number of halogens is 1. The van der Waals surface area contributed by atoms with Crippen LogP contribution < -0.4 is 11.1 Å². The first-order valence-corrected chi connectivity index (χ1v) is 7.37. The molecule has 1 heterocycles. The molecule has 1 aromatic heterocycles. The Morgan fingerprint density at radius 2 is 1.83 bits per heavy atom. The molecule has 2 aromatic carbocycles. The molecule has 3 aromatic rings. The zero-order chi connectivity index (χ0) is 15.2. The number of fused-ring (bicyclic) bond motifs is 1. The van der Waals surface area contributed by atoms with Crippen LogP contribution >= 0.6 is 24.0 Å². The highest BCUT2D eigenvalue weighted by Gasteiger charge is 2.01. The SMILES string of the molecule is I.NC(=NCCCc1nc2ccccc2[nH]1)Nc1ccccc1. The molecule has 0 radical (unpaired) electrons. The Kier molecular flexibility index (Phi) is 6.40. The van der Waals surface area contributed by atoms with E-state index in [9.17, 15) is 0 Å². The Morgan fingerprint density at radius 3 is 2.61 bits per heavy atom. The lowest BCUT2D eigenvalue weighted by molar-refractivity contribution is 0.796. The number of para-hydroxylation sites is 3. The summed E-state index contributed by atoms with van der Waals surface area (Å²) >= 11 is 0. The van der Waals surface area contributed by atoms with Crippen LogP contribution in [0.4, 0.5) is 5.69 Å². The van der Waals surface area contributed by atoms with Gasteiger partial charge in [0, 0.05) is 18.7 Å². The van der Waals surface area contributed by atoms with Crippen molar-refractivity contribution in [3.63, 3.8) is 0 Å². The molecule has 0 bridgehead atoms. The van der Waals surface area contributed by atoms with Crippen molar-refractivity contribution in [1.29, 1.82) is 0 Å². The van der Waals surface area contributed by atoms with Gasteiger partial charge in [-0.05, 0) is 30.7 Å². The smallest absolute Gasteiger partial charge is 0.193 e. The molecular weight excluding hydrogens is 401 g/mol. The van der Waals surface area contributed by atoms with Gasteiger partial charge in [0.15, 0.2) is 5.96 Å². The number of hydrogen-bond donors (Lipinski definition) is 3. The molecule has 0 unspecified atom stereocenters. The van der Waals surface area contributed by atoms with Gasteiger partial charge in [-0.1, -0.05) is 30.3 Å². The van der Waals surface area contributed by atoms with E-state index < -0.39 is 0 Å². The highest BCUT2D eigenvalue weighted by molar-refractivity contribution is 14.0. The third-order valence-corrected chi connectivity index (χ3v) is 3.34. The second-order valence-electron chi connectivity index (χ2n) is 5.06. The van der Waals surface area contributed by atoms with E-state index >= 15 is 0 Å². The van der Waals surface area contributed by atoms with Crippen LogP contribution in [0.5, 0.6) is 0 Å². The molecule has 23 heavy (non-hydrogen) atoms. The normalized spacial score (nSPS) is 11.2. The van der Waals surface area contributed by atoms with Crippen molar-refractivity contribution < 1.29 is 0 Å². The number of benzene rings is 2. The van der Waals surface area contributed by atoms with Crippen LogP contribution in [0.1, 0.15) is 12.2 Å². The van der Waals surface area contributed by atoms with E-state index in [1.165, 1.54) is 0 Å². The molecule has 0 saturated heterocycles. The Hall–Kier alpha value is -2.09. The summed E-state index contributed by atoms with van der Waals surface area (Å²) in [5.41, 5.74) is 8.89. The predicted molar refractivity (Wildman–Crippen MR) is 106 cm³/mol. The van der Waals surface area contributed by atoms with Crippen molar-refractivity contribution >= 4 is 46.7 Å². The fourth-order valence-corrected chi connectivity index (χ4v) is 2.28. The van der Waals surface area contributed by atoms with Gasteiger partial charge in [0.2, 0.25) is 0 Å². The van der Waals surface area contributed by atoms with E-state index in [0.717, 1.165) is 35.4 Å². The minimum Gasteiger partial charge on any atom is -0.370 e. The molecule has 4 N–H and O–H groups in total. The van der Waals surface area contributed by atoms with Gasteiger partial charge in [-0.15, -0.1) is 24.0 Å². The average molecular weight is 421 g/mol. The van der Waals surface area contributed by atoms with Gasteiger partial charge in [-0.2, -0.15) is 0 Å². The molecular formula is C17H20IN5. The fourth-order valence-electron chi connectivity index (χ4n) is 2.28. The minimum atomic E-state index is 0. The van der Waals surface area contributed by atoms with Crippen LogP contribution in [0.2, 0.25) is 0 Å². The maximum atomic E-state index is 5.86. The van der Waals surface area contributed by atoms with Crippen LogP contribution in [-0.2, 0) is 6.42 Å². The summed E-state index contributed by atoms with van der Waals surface area (Å²) in [6, 6.07) is 17.8. The van der Waals surface area contributed by atoms with Crippen LogP contribution in [0.15, 0.2) is 59.6 Å². The molecule has 120 valence electrons. The van der Waals surface area contributed by atoms with E-state index in [4.69, 9.17) is 5.73 Å². The summed E-state index contributed by atoms with van der Waals surface area (Å²) in [6.07, 6.45) is 1.76. The van der Waals surface area contributed by atoms with E-state index in [1.54, 1.807) is 0 Å². The van der Waals surface area contributed by atoms with Gasteiger partial charge in [0.05, 0.1) is 11.0 Å². The van der Waals surface area contributed by atoms with E-state index in [1.807, 2.05) is 54.6 Å². The quantitative estimate of drug-likeness (QED) is 0.255. The first-order valence-electron chi connectivity index (χ1n) is 7.37. The Labute approximate surface area is 152 Å². The number of nitrogens with two attached hydrogens (primary N) is 1. The third kappa shape index (κ3) is 4.95. The van der Waals surface area contributed by atoms with Gasteiger partial charge in [-0.3, -0.25) is 4.99 Å². The zero-order valence-corrected chi connectivity index (χ0v) is 15.0. The number of imidazole rings is 1. The number of guanidine groups is 1. The maximum Gasteiger partial charge on any atom is 0.193 e. The summed E-state index contributed by atoms with van der Waals surface area (Å²) in [5.74, 6) is 1.43. The molecule has 0 fully saturated rings. The first-order chi connectivity index (χ1) is 10.8. The highest BCUT2D eigenvalue weighted by Crippen LogP contribution is 2.11. The molecule has 5 nitrogen and oxygen atoms in total. The van der Waals surface area contributed by atoms with Crippen molar-refractivity contribution in [2.75, 3.05) is 11.9 Å².